The molecule has 1 aliphatic carbocycles. The van der Waals surface area contributed by atoms with E-state index in [0.717, 1.165) is 22.3 Å². The first-order chi connectivity index (χ1) is 11.7. The smallest absolute Gasteiger partial charge is 0.0897 e. The lowest BCUT2D eigenvalue weighted by Crippen LogP contribution is -2.42. The van der Waals surface area contributed by atoms with E-state index in [1.807, 2.05) is 24.4 Å². The summed E-state index contributed by atoms with van der Waals surface area (Å²) in [5.41, 5.74) is 7.18. The summed E-state index contributed by atoms with van der Waals surface area (Å²) < 4.78 is 0. The second-order valence-electron chi connectivity index (χ2n) is 8.88. The molecule has 25 heavy (non-hydrogen) atoms. The van der Waals surface area contributed by atoms with Gasteiger partial charge in [0.05, 0.1) is 22.9 Å². The number of benzene rings is 2. The third kappa shape index (κ3) is 2.03. The number of hydrogen-bond donors (Lipinski definition) is 0. The van der Waals surface area contributed by atoms with E-state index in [0.29, 0.717) is 0 Å². The molecule has 128 valence electrons. The van der Waals surface area contributed by atoms with Crippen LogP contribution in [0.3, 0.4) is 0 Å². The molecule has 0 atom stereocenters. The Morgan fingerprint density at radius 3 is 1.88 bits per heavy atom. The Kier molecular flexibility index (Phi) is 3.19. The van der Waals surface area contributed by atoms with E-state index in [2.05, 4.69) is 65.8 Å². The summed E-state index contributed by atoms with van der Waals surface area (Å²) in [7, 11) is 0. The van der Waals surface area contributed by atoms with Gasteiger partial charge in [-0.3, -0.25) is 4.98 Å². The van der Waals surface area contributed by atoms with Crippen LogP contribution in [0.15, 0.2) is 48.7 Å². The highest BCUT2D eigenvalue weighted by Crippen LogP contribution is 2.61. The van der Waals surface area contributed by atoms with Gasteiger partial charge in [0.25, 0.3) is 0 Å². The Balaban J connectivity index is 1.96. The molecule has 1 aliphatic rings. The summed E-state index contributed by atoms with van der Waals surface area (Å²) in [5, 5.41) is 0. The first-order valence-electron chi connectivity index (χ1n) is 9.03. The molecule has 0 fully saturated rings. The average molecular weight is 330 g/mol. The SMILES string of the molecule is CC1(C)c2cc3ncc(-c4ccccc4)nc3cc2C(C)(C)C1(C)C. The van der Waals surface area contributed by atoms with Crippen LogP contribution in [0, 0.1) is 5.41 Å². The van der Waals surface area contributed by atoms with Crippen LogP contribution in [0.25, 0.3) is 22.3 Å². The van der Waals surface area contributed by atoms with Gasteiger partial charge in [-0.25, -0.2) is 4.98 Å². The minimum atomic E-state index is 0.0878. The lowest BCUT2D eigenvalue weighted by Gasteiger charge is -2.44. The van der Waals surface area contributed by atoms with Crippen molar-refractivity contribution < 1.29 is 0 Å². The predicted molar refractivity (Wildman–Crippen MR) is 105 cm³/mol. The Morgan fingerprint density at radius 2 is 1.28 bits per heavy atom. The molecule has 4 rings (SSSR count). The Morgan fingerprint density at radius 1 is 0.720 bits per heavy atom. The maximum Gasteiger partial charge on any atom is 0.0897 e. The average Bonchev–Trinajstić information content (AvgIpc) is 2.69. The summed E-state index contributed by atoms with van der Waals surface area (Å²) in [5.74, 6) is 0. The number of rotatable bonds is 1. The monoisotopic (exact) mass is 330 g/mol. The van der Waals surface area contributed by atoms with Crippen LogP contribution in [0.1, 0.15) is 52.7 Å². The first kappa shape index (κ1) is 16.3. The highest BCUT2D eigenvalue weighted by molar-refractivity contribution is 5.80. The molecule has 1 heterocycles. The fourth-order valence-electron chi connectivity index (χ4n) is 4.30. The highest BCUT2D eigenvalue weighted by atomic mass is 14.8. The molecule has 0 radical (unpaired) electrons. The molecule has 2 heteroatoms. The van der Waals surface area contributed by atoms with Gasteiger partial charge in [0.15, 0.2) is 0 Å². The maximum atomic E-state index is 4.92. The van der Waals surface area contributed by atoms with E-state index >= 15 is 0 Å². The summed E-state index contributed by atoms with van der Waals surface area (Å²) in [6, 6.07) is 14.8. The topological polar surface area (TPSA) is 25.8 Å². The molecule has 2 nitrogen and oxygen atoms in total. The van der Waals surface area contributed by atoms with Crippen LogP contribution < -0.4 is 0 Å². The summed E-state index contributed by atoms with van der Waals surface area (Å²) in [4.78, 5) is 9.66. The minimum Gasteiger partial charge on any atom is -0.252 e. The fourth-order valence-corrected chi connectivity index (χ4v) is 4.30. The molecule has 0 aliphatic heterocycles. The van der Waals surface area contributed by atoms with Crippen molar-refractivity contribution in [3.63, 3.8) is 0 Å². The van der Waals surface area contributed by atoms with E-state index in [1.165, 1.54) is 11.1 Å². The van der Waals surface area contributed by atoms with E-state index < -0.39 is 0 Å². The van der Waals surface area contributed by atoms with Gasteiger partial charge >= 0.3 is 0 Å². The van der Waals surface area contributed by atoms with Crippen molar-refractivity contribution in [1.82, 2.24) is 9.97 Å². The largest absolute Gasteiger partial charge is 0.252 e. The quantitative estimate of drug-likeness (QED) is 0.556. The molecule has 0 saturated heterocycles. The summed E-state index contributed by atoms with van der Waals surface area (Å²) >= 11 is 0. The van der Waals surface area contributed by atoms with Gasteiger partial charge in [-0.2, -0.15) is 0 Å². The molecule has 0 saturated carbocycles. The molecule has 0 spiro atoms. The van der Waals surface area contributed by atoms with Crippen molar-refractivity contribution >= 4 is 11.0 Å². The van der Waals surface area contributed by atoms with Crippen LogP contribution in [0.4, 0.5) is 0 Å². The third-order valence-electron chi connectivity index (χ3n) is 7.22. The van der Waals surface area contributed by atoms with E-state index in [1.54, 1.807) is 0 Å². The molecule has 1 aromatic heterocycles. The lowest BCUT2D eigenvalue weighted by molar-refractivity contribution is 0.125. The molecular weight excluding hydrogens is 304 g/mol. The molecular formula is C23H26N2. The Bertz CT molecular complexity index is 966. The van der Waals surface area contributed by atoms with Gasteiger partial charge in [0.2, 0.25) is 0 Å². The lowest BCUT2D eigenvalue weighted by atomic mass is 9.59. The van der Waals surface area contributed by atoms with Crippen molar-refractivity contribution in [3.05, 3.63) is 59.8 Å². The standard InChI is InChI=1S/C23H26N2/c1-21(2)16-12-18-19(13-17(16)22(3,4)23(21,5)6)25-20(14-24-18)15-10-8-7-9-11-15/h7-14H,1-6H3. The number of hydrogen-bond acceptors (Lipinski definition) is 2. The van der Waals surface area contributed by atoms with E-state index in [-0.39, 0.29) is 16.2 Å². The Hall–Kier alpha value is -2.22. The zero-order chi connectivity index (χ0) is 18.0. The van der Waals surface area contributed by atoms with E-state index in [9.17, 15) is 0 Å². The number of fused-ring (bicyclic) bond motifs is 2. The van der Waals surface area contributed by atoms with Crippen molar-refractivity contribution in [2.45, 2.75) is 52.4 Å². The van der Waals surface area contributed by atoms with Crippen LogP contribution in [0.5, 0.6) is 0 Å². The van der Waals surface area contributed by atoms with Gasteiger partial charge in [-0.1, -0.05) is 71.9 Å². The van der Waals surface area contributed by atoms with Crippen LogP contribution >= 0.6 is 0 Å². The van der Waals surface area contributed by atoms with Crippen molar-refractivity contribution in [3.8, 4) is 11.3 Å². The fraction of sp³-hybridized carbons (Fsp3) is 0.391. The zero-order valence-electron chi connectivity index (χ0n) is 16.0. The second kappa shape index (κ2) is 4.91. The normalized spacial score (nSPS) is 19.8. The van der Waals surface area contributed by atoms with E-state index in [4.69, 9.17) is 9.97 Å². The van der Waals surface area contributed by atoms with Crippen LogP contribution in [0.2, 0.25) is 0 Å². The molecule has 0 bridgehead atoms. The van der Waals surface area contributed by atoms with Crippen molar-refractivity contribution in [2.24, 2.45) is 5.41 Å². The molecule has 3 aromatic rings. The molecule has 0 amide bonds. The van der Waals surface area contributed by atoms with Gasteiger partial charge in [0.1, 0.15) is 0 Å². The zero-order valence-corrected chi connectivity index (χ0v) is 16.0. The Labute approximate surface area is 150 Å². The molecule has 0 N–H and O–H groups in total. The molecule has 0 unspecified atom stereocenters. The first-order valence-corrected chi connectivity index (χ1v) is 9.03. The minimum absolute atomic E-state index is 0.0878. The second-order valence-corrected chi connectivity index (χ2v) is 8.88. The van der Waals surface area contributed by atoms with Gasteiger partial charge < -0.3 is 0 Å². The third-order valence-corrected chi connectivity index (χ3v) is 7.22. The van der Waals surface area contributed by atoms with Crippen molar-refractivity contribution in [2.75, 3.05) is 0 Å². The van der Waals surface area contributed by atoms with Gasteiger partial charge in [-0.05, 0) is 39.5 Å². The van der Waals surface area contributed by atoms with Crippen LogP contribution in [-0.4, -0.2) is 9.97 Å². The predicted octanol–water partition coefficient (Wildman–Crippen LogP) is 5.89. The van der Waals surface area contributed by atoms with Gasteiger partial charge in [0, 0.05) is 5.56 Å². The van der Waals surface area contributed by atoms with Gasteiger partial charge in [-0.15, -0.1) is 0 Å². The summed E-state index contributed by atoms with van der Waals surface area (Å²) in [6.45, 7) is 14.2. The highest BCUT2D eigenvalue weighted by Gasteiger charge is 2.56. The maximum absolute atomic E-state index is 4.92. The number of aromatic nitrogens is 2. The van der Waals surface area contributed by atoms with Crippen molar-refractivity contribution in [1.29, 1.82) is 0 Å². The number of nitrogens with zero attached hydrogens (tertiary/aromatic N) is 2. The van der Waals surface area contributed by atoms with Crippen LogP contribution in [-0.2, 0) is 10.8 Å². The summed E-state index contributed by atoms with van der Waals surface area (Å²) in [6.07, 6.45) is 1.89. The molecule has 2 aromatic carbocycles.